The van der Waals surface area contributed by atoms with Crippen LogP contribution >= 0.6 is 0 Å². The standard InChI is InChI=1S/C53H90O22/c1-23(2)10-9-14-53(8,75-47-43(67)39(63)37(61)29(72-47)22-68-45-41(65)36(60)28(21-56)69-45)24-11-16-52(7)33(24)25(57)18-31-50(5)15-13-32(49(3,4)30(50)12-17-51(31,52)6)73-48-44(40(64)35(59)27(20-55)71-48)74-46-42(66)38(62)34(58)26(19-54)70-46/h10,24-48,54-67H,9,11-22H2,1-8H3/t24?,25-,26-,27-,28-,29-,30+,31?,32+,33?,34-,35-,36-,37-,38+,39+,40+,41+,42-,43-,44-,45+,46+,47+,48+,50+,51-,52-,53-/m1/s1. The first-order valence-corrected chi connectivity index (χ1v) is 27.3. The highest BCUT2D eigenvalue weighted by atomic mass is 16.8. The Morgan fingerprint density at radius 1 is 0.560 bits per heavy atom. The maximum absolute atomic E-state index is 12.8. The van der Waals surface area contributed by atoms with Crippen molar-refractivity contribution in [3.8, 4) is 0 Å². The van der Waals surface area contributed by atoms with Gasteiger partial charge in [-0.25, -0.2) is 0 Å². The summed E-state index contributed by atoms with van der Waals surface area (Å²) in [5.41, 5.74) is -1.47. The van der Waals surface area contributed by atoms with E-state index in [0.29, 0.717) is 38.5 Å². The summed E-state index contributed by atoms with van der Waals surface area (Å²) >= 11 is 0. The largest absolute Gasteiger partial charge is 0.394 e. The molecule has 4 aliphatic carbocycles. The van der Waals surface area contributed by atoms with Crippen molar-refractivity contribution < 1.29 is 109 Å². The maximum Gasteiger partial charge on any atom is 0.187 e. The summed E-state index contributed by atoms with van der Waals surface area (Å²) in [5.74, 6) is -0.394. The van der Waals surface area contributed by atoms with Gasteiger partial charge in [0.1, 0.15) is 91.6 Å². The minimum absolute atomic E-state index is 0.0508. The summed E-state index contributed by atoms with van der Waals surface area (Å²) in [5, 5.41) is 151. The Labute approximate surface area is 439 Å². The molecule has 434 valence electrons. The molecule has 29 atom stereocenters. The summed E-state index contributed by atoms with van der Waals surface area (Å²) in [6.45, 7) is 14.9. The van der Waals surface area contributed by atoms with Gasteiger partial charge >= 0.3 is 0 Å². The summed E-state index contributed by atoms with van der Waals surface area (Å²) in [4.78, 5) is 0. The molecule has 75 heavy (non-hydrogen) atoms. The minimum atomic E-state index is -1.81. The Morgan fingerprint density at radius 3 is 1.69 bits per heavy atom. The quantitative estimate of drug-likeness (QED) is 0.0614. The molecule has 4 heterocycles. The van der Waals surface area contributed by atoms with Gasteiger partial charge in [-0.3, -0.25) is 0 Å². The first kappa shape index (κ1) is 60.0. The SMILES string of the molecule is CC(C)=CCC[C@@](C)(O[C@@H]1O[C@H](CO[C@H]2O[C@H](CO)[C@@H](O)[C@@H]2O)[C@@H](O)[C@H](O)[C@H]1O)C1CC[C@]2(C)C1[C@H](O)CC1[C@@]3(C)CC[C@H](O[C@@H]4O[C@H](CO)[C@@H](O)[C@H](O)[C@H]4O[C@@H]4O[C@H](CO)[C@@H](O)[C@H](O)[C@H]4O)C(C)(C)[C@@H]3CC[C@]12C. The van der Waals surface area contributed by atoms with Crippen LogP contribution in [0, 0.1) is 45.3 Å². The molecular weight excluding hydrogens is 989 g/mol. The van der Waals surface area contributed by atoms with Gasteiger partial charge in [-0.15, -0.1) is 0 Å². The van der Waals surface area contributed by atoms with Crippen molar-refractivity contribution in [1.29, 1.82) is 0 Å². The molecule has 22 heteroatoms. The van der Waals surface area contributed by atoms with Gasteiger partial charge in [0.2, 0.25) is 0 Å². The third kappa shape index (κ3) is 10.5. The fourth-order valence-electron chi connectivity index (χ4n) is 16.1. The number of hydrogen-bond donors (Lipinski definition) is 14. The number of hydrogen-bond acceptors (Lipinski definition) is 22. The van der Waals surface area contributed by atoms with Gasteiger partial charge in [-0.2, -0.15) is 0 Å². The van der Waals surface area contributed by atoms with Crippen molar-refractivity contribution in [3.63, 3.8) is 0 Å². The molecule has 8 fully saturated rings. The zero-order valence-electron chi connectivity index (χ0n) is 44.7. The van der Waals surface area contributed by atoms with Crippen LogP contribution in [-0.4, -0.2) is 232 Å². The first-order valence-electron chi connectivity index (χ1n) is 27.3. The van der Waals surface area contributed by atoms with Gasteiger partial charge in [-0.05, 0) is 124 Å². The molecule has 22 nitrogen and oxygen atoms in total. The Balaban J connectivity index is 1.01. The monoisotopic (exact) mass is 1080 g/mol. The van der Waals surface area contributed by atoms with Crippen molar-refractivity contribution in [3.05, 3.63) is 11.6 Å². The van der Waals surface area contributed by atoms with Crippen LogP contribution in [0.1, 0.15) is 113 Å². The molecule has 0 aromatic carbocycles. The zero-order valence-corrected chi connectivity index (χ0v) is 44.7. The van der Waals surface area contributed by atoms with Crippen LogP contribution in [0.4, 0.5) is 0 Å². The predicted molar refractivity (Wildman–Crippen MR) is 260 cm³/mol. The average molecular weight is 1080 g/mol. The first-order chi connectivity index (χ1) is 35.1. The predicted octanol–water partition coefficient (Wildman–Crippen LogP) is -1.56. The molecule has 4 saturated heterocycles. The molecule has 0 aromatic rings. The fourth-order valence-corrected chi connectivity index (χ4v) is 16.1. The van der Waals surface area contributed by atoms with Gasteiger partial charge in [0, 0.05) is 0 Å². The highest BCUT2D eigenvalue weighted by Crippen LogP contribution is 2.76. The molecule has 14 N–H and O–H groups in total. The van der Waals surface area contributed by atoms with E-state index in [0.717, 1.165) is 24.8 Å². The third-order valence-corrected chi connectivity index (χ3v) is 20.5. The summed E-state index contributed by atoms with van der Waals surface area (Å²) in [7, 11) is 0. The fraction of sp³-hybridized carbons (Fsp3) is 0.962. The van der Waals surface area contributed by atoms with Crippen molar-refractivity contribution >= 4 is 0 Å². The molecule has 4 aliphatic heterocycles. The number of aliphatic hydroxyl groups is 14. The second-order valence-corrected chi connectivity index (χ2v) is 25.3. The Kier molecular flexibility index (Phi) is 18.1. The van der Waals surface area contributed by atoms with Crippen LogP contribution in [0.3, 0.4) is 0 Å². The molecule has 0 aromatic heterocycles. The zero-order chi connectivity index (χ0) is 55.1. The summed E-state index contributed by atoms with van der Waals surface area (Å²) in [6.07, 6.45) is -22.1. The Morgan fingerprint density at radius 2 is 1.08 bits per heavy atom. The molecule has 4 saturated carbocycles. The van der Waals surface area contributed by atoms with Gasteiger partial charge < -0.3 is 109 Å². The minimum Gasteiger partial charge on any atom is -0.394 e. The normalized spacial score (nSPS) is 52.6. The van der Waals surface area contributed by atoms with Gasteiger partial charge in [0.05, 0.1) is 44.2 Å². The third-order valence-electron chi connectivity index (χ3n) is 20.5. The molecular formula is C53H90O22. The Bertz CT molecular complexity index is 1940. The molecule has 0 bridgehead atoms. The highest BCUT2D eigenvalue weighted by molar-refractivity contribution is 5.20. The number of rotatable bonds is 16. The lowest BCUT2D eigenvalue weighted by Crippen LogP contribution is -2.68. The average Bonchev–Trinajstić information content (AvgIpc) is 3.89. The van der Waals surface area contributed by atoms with E-state index in [1.807, 2.05) is 20.8 Å². The van der Waals surface area contributed by atoms with Gasteiger partial charge in [-0.1, -0.05) is 46.3 Å². The molecule has 0 spiro atoms. The van der Waals surface area contributed by atoms with Crippen molar-refractivity contribution in [2.75, 3.05) is 26.4 Å². The lowest BCUT2D eigenvalue weighted by atomic mass is 9.35. The van der Waals surface area contributed by atoms with Crippen LogP contribution < -0.4 is 0 Å². The lowest BCUT2D eigenvalue weighted by molar-refractivity contribution is -0.378. The van der Waals surface area contributed by atoms with E-state index < -0.39 is 172 Å². The van der Waals surface area contributed by atoms with Crippen LogP contribution in [0.25, 0.3) is 0 Å². The number of fused-ring (bicyclic) bond motifs is 5. The maximum atomic E-state index is 12.8. The summed E-state index contributed by atoms with van der Waals surface area (Å²) in [6, 6.07) is 0. The van der Waals surface area contributed by atoms with Gasteiger partial charge in [0.25, 0.3) is 0 Å². The molecule has 8 rings (SSSR count). The van der Waals surface area contributed by atoms with E-state index in [4.69, 9.17) is 37.9 Å². The summed E-state index contributed by atoms with van der Waals surface area (Å²) < 4.78 is 48.9. The molecule has 3 unspecified atom stereocenters. The van der Waals surface area contributed by atoms with Crippen LogP contribution in [0.15, 0.2) is 11.6 Å². The highest BCUT2D eigenvalue weighted by Gasteiger charge is 2.72. The second-order valence-electron chi connectivity index (χ2n) is 25.3. The van der Waals surface area contributed by atoms with E-state index in [-0.39, 0.29) is 34.5 Å². The van der Waals surface area contributed by atoms with E-state index in [2.05, 4.69) is 40.7 Å². The van der Waals surface area contributed by atoms with Crippen LogP contribution in [0.5, 0.6) is 0 Å². The van der Waals surface area contributed by atoms with E-state index >= 15 is 0 Å². The van der Waals surface area contributed by atoms with E-state index in [9.17, 15) is 71.5 Å². The van der Waals surface area contributed by atoms with E-state index in [1.165, 1.54) is 0 Å². The topological polar surface area (TPSA) is 357 Å². The lowest BCUT2D eigenvalue weighted by Gasteiger charge is -2.71. The van der Waals surface area contributed by atoms with Crippen LogP contribution in [0.2, 0.25) is 0 Å². The number of ether oxygens (including phenoxy) is 8. The molecule has 8 aliphatic rings. The van der Waals surface area contributed by atoms with Crippen molar-refractivity contribution in [2.24, 2.45) is 45.3 Å². The van der Waals surface area contributed by atoms with E-state index in [1.54, 1.807) is 0 Å². The molecule has 0 amide bonds. The smallest absolute Gasteiger partial charge is 0.187 e. The Hall–Kier alpha value is -1.14. The second kappa shape index (κ2) is 22.7. The number of aliphatic hydroxyl groups excluding tert-OH is 14. The van der Waals surface area contributed by atoms with Crippen molar-refractivity contribution in [2.45, 2.75) is 248 Å². The number of allylic oxidation sites excluding steroid dienone is 2. The van der Waals surface area contributed by atoms with Crippen LogP contribution in [-0.2, 0) is 37.9 Å². The van der Waals surface area contributed by atoms with Gasteiger partial charge in [0.15, 0.2) is 25.2 Å². The molecule has 0 radical (unpaired) electrons. The van der Waals surface area contributed by atoms with Crippen molar-refractivity contribution in [1.82, 2.24) is 0 Å².